The first-order valence-corrected chi connectivity index (χ1v) is 5.23. The van der Waals surface area contributed by atoms with Crippen molar-refractivity contribution in [2.75, 3.05) is 25.5 Å². The summed E-state index contributed by atoms with van der Waals surface area (Å²) in [6.45, 7) is 5.33. The molecule has 1 aromatic rings. The van der Waals surface area contributed by atoms with Crippen molar-refractivity contribution in [3.63, 3.8) is 0 Å². The Balaban J connectivity index is 2.55. The molecule has 0 fully saturated rings. The second-order valence-corrected chi connectivity index (χ2v) is 3.35. The molecule has 0 bridgehead atoms. The van der Waals surface area contributed by atoms with Crippen LogP contribution in [-0.2, 0) is 4.74 Å². The number of amides is 1. The SMILES string of the molecule is CCOCCNC(=O)c1cc(N)cnc1C. The van der Waals surface area contributed by atoms with Gasteiger partial charge in [-0.05, 0) is 19.9 Å². The number of rotatable bonds is 5. The van der Waals surface area contributed by atoms with Crippen LogP contribution in [0.25, 0.3) is 0 Å². The maximum atomic E-state index is 11.7. The lowest BCUT2D eigenvalue weighted by atomic mass is 10.2. The number of pyridine rings is 1. The molecule has 0 unspecified atom stereocenters. The Morgan fingerprint density at radius 1 is 1.62 bits per heavy atom. The number of nitrogens with one attached hydrogen (secondary N) is 1. The zero-order valence-electron chi connectivity index (χ0n) is 9.62. The van der Waals surface area contributed by atoms with Crippen molar-refractivity contribution in [1.82, 2.24) is 10.3 Å². The second-order valence-electron chi connectivity index (χ2n) is 3.35. The van der Waals surface area contributed by atoms with E-state index in [1.165, 1.54) is 6.20 Å². The molecule has 1 amide bonds. The third-order valence-corrected chi connectivity index (χ3v) is 2.09. The molecule has 0 aliphatic carbocycles. The van der Waals surface area contributed by atoms with Crippen molar-refractivity contribution in [2.45, 2.75) is 13.8 Å². The van der Waals surface area contributed by atoms with Gasteiger partial charge >= 0.3 is 0 Å². The number of anilines is 1. The predicted octanol–water partition coefficient (Wildman–Crippen LogP) is 0.739. The number of hydrogen-bond donors (Lipinski definition) is 2. The molecule has 0 spiro atoms. The minimum absolute atomic E-state index is 0.169. The minimum Gasteiger partial charge on any atom is -0.397 e. The predicted molar refractivity (Wildman–Crippen MR) is 62.2 cm³/mol. The average molecular weight is 223 g/mol. The lowest BCUT2D eigenvalue weighted by Crippen LogP contribution is -2.28. The number of nitrogens with zero attached hydrogens (tertiary/aromatic N) is 1. The summed E-state index contributed by atoms with van der Waals surface area (Å²) in [5.74, 6) is -0.169. The molecule has 1 rings (SSSR count). The van der Waals surface area contributed by atoms with Crippen LogP contribution in [-0.4, -0.2) is 30.6 Å². The van der Waals surface area contributed by atoms with Gasteiger partial charge in [0, 0.05) is 13.2 Å². The van der Waals surface area contributed by atoms with Crippen LogP contribution in [0.15, 0.2) is 12.3 Å². The van der Waals surface area contributed by atoms with Crippen LogP contribution in [0, 0.1) is 6.92 Å². The van der Waals surface area contributed by atoms with Crippen LogP contribution in [0.4, 0.5) is 5.69 Å². The second kappa shape index (κ2) is 6.07. The quantitative estimate of drug-likeness (QED) is 0.722. The van der Waals surface area contributed by atoms with E-state index in [9.17, 15) is 4.79 Å². The Morgan fingerprint density at radius 3 is 3.06 bits per heavy atom. The summed E-state index contributed by atoms with van der Waals surface area (Å²) in [6, 6.07) is 1.62. The van der Waals surface area contributed by atoms with Gasteiger partial charge in [0.2, 0.25) is 0 Å². The first-order chi connectivity index (χ1) is 7.65. The van der Waals surface area contributed by atoms with Crippen LogP contribution in [0.2, 0.25) is 0 Å². The van der Waals surface area contributed by atoms with Crippen molar-refractivity contribution in [3.8, 4) is 0 Å². The van der Waals surface area contributed by atoms with Gasteiger partial charge in [0.25, 0.3) is 5.91 Å². The summed E-state index contributed by atoms with van der Waals surface area (Å²) in [4.78, 5) is 15.7. The summed E-state index contributed by atoms with van der Waals surface area (Å²) in [7, 11) is 0. The molecule has 5 nitrogen and oxygen atoms in total. The monoisotopic (exact) mass is 223 g/mol. The molecule has 0 aliphatic heterocycles. The van der Waals surface area contributed by atoms with Crippen LogP contribution >= 0.6 is 0 Å². The zero-order chi connectivity index (χ0) is 12.0. The number of nitrogens with two attached hydrogens (primary N) is 1. The Morgan fingerprint density at radius 2 is 2.38 bits per heavy atom. The molecule has 0 aliphatic rings. The first-order valence-electron chi connectivity index (χ1n) is 5.23. The standard InChI is InChI=1S/C11H17N3O2/c1-3-16-5-4-13-11(15)10-6-9(12)7-14-8(10)2/h6-7H,3-5,12H2,1-2H3,(H,13,15). The fourth-order valence-corrected chi connectivity index (χ4v) is 1.26. The number of hydrogen-bond acceptors (Lipinski definition) is 4. The number of carbonyl (C=O) groups is 1. The normalized spacial score (nSPS) is 10.1. The molecule has 16 heavy (non-hydrogen) atoms. The molecule has 88 valence electrons. The van der Waals surface area contributed by atoms with Gasteiger partial charge in [-0.2, -0.15) is 0 Å². The highest BCUT2D eigenvalue weighted by Gasteiger charge is 2.09. The number of aromatic nitrogens is 1. The summed E-state index contributed by atoms with van der Waals surface area (Å²) < 4.78 is 5.12. The molecule has 0 saturated heterocycles. The lowest BCUT2D eigenvalue weighted by molar-refractivity contribution is 0.0921. The molecular formula is C11H17N3O2. The third kappa shape index (κ3) is 3.51. The van der Waals surface area contributed by atoms with E-state index in [-0.39, 0.29) is 5.91 Å². The Labute approximate surface area is 95.0 Å². The van der Waals surface area contributed by atoms with Gasteiger partial charge in [0.1, 0.15) is 0 Å². The average Bonchev–Trinajstić information content (AvgIpc) is 2.27. The highest BCUT2D eigenvalue weighted by Crippen LogP contribution is 2.08. The molecule has 1 heterocycles. The summed E-state index contributed by atoms with van der Waals surface area (Å²) >= 11 is 0. The Hall–Kier alpha value is -1.62. The van der Waals surface area contributed by atoms with Crippen molar-refractivity contribution < 1.29 is 9.53 Å². The van der Waals surface area contributed by atoms with E-state index in [1.54, 1.807) is 13.0 Å². The summed E-state index contributed by atoms with van der Waals surface area (Å²) in [5.41, 5.74) is 7.24. The van der Waals surface area contributed by atoms with Gasteiger partial charge in [0.05, 0.1) is 29.7 Å². The van der Waals surface area contributed by atoms with Crippen molar-refractivity contribution in [3.05, 3.63) is 23.5 Å². The Kier molecular flexibility index (Phi) is 4.72. The molecule has 3 N–H and O–H groups in total. The molecule has 0 radical (unpaired) electrons. The topological polar surface area (TPSA) is 77.2 Å². The molecular weight excluding hydrogens is 206 g/mol. The Bertz CT molecular complexity index is 366. The van der Waals surface area contributed by atoms with Gasteiger partial charge in [-0.3, -0.25) is 9.78 Å². The van der Waals surface area contributed by atoms with E-state index in [1.807, 2.05) is 6.92 Å². The van der Waals surface area contributed by atoms with Crippen molar-refractivity contribution in [1.29, 1.82) is 0 Å². The zero-order valence-corrected chi connectivity index (χ0v) is 9.62. The van der Waals surface area contributed by atoms with E-state index in [2.05, 4.69) is 10.3 Å². The fraction of sp³-hybridized carbons (Fsp3) is 0.455. The largest absolute Gasteiger partial charge is 0.397 e. The molecule has 5 heteroatoms. The highest BCUT2D eigenvalue weighted by molar-refractivity contribution is 5.95. The van der Waals surface area contributed by atoms with Crippen LogP contribution in [0.1, 0.15) is 23.0 Å². The van der Waals surface area contributed by atoms with E-state index in [4.69, 9.17) is 10.5 Å². The smallest absolute Gasteiger partial charge is 0.253 e. The van der Waals surface area contributed by atoms with Gasteiger partial charge in [-0.15, -0.1) is 0 Å². The third-order valence-electron chi connectivity index (χ3n) is 2.09. The number of carbonyl (C=O) groups excluding carboxylic acids is 1. The highest BCUT2D eigenvalue weighted by atomic mass is 16.5. The van der Waals surface area contributed by atoms with Crippen molar-refractivity contribution in [2.24, 2.45) is 0 Å². The maximum absolute atomic E-state index is 11.7. The van der Waals surface area contributed by atoms with E-state index in [0.717, 1.165) is 0 Å². The number of aryl methyl sites for hydroxylation is 1. The maximum Gasteiger partial charge on any atom is 0.253 e. The molecule has 0 aromatic carbocycles. The summed E-state index contributed by atoms with van der Waals surface area (Å²) in [5, 5.41) is 2.74. The van der Waals surface area contributed by atoms with Crippen molar-refractivity contribution >= 4 is 11.6 Å². The molecule has 0 atom stereocenters. The van der Waals surface area contributed by atoms with E-state index < -0.39 is 0 Å². The van der Waals surface area contributed by atoms with Gasteiger partial charge in [-0.25, -0.2) is 0 Å². The summed E-state index contributed by atoms with van der Waals surface area (Å²) in [6.07, 6.45) is 1.53. The number of nitrogen functional groups attached to an aromatic ring is 1. The van der Waals surface area contributed by atoms with Gasteiger partial charge < -0.3 is 15.8 Å². The van der Waals surface area contributed by atoms with E-state index in [0.29, 0.717) is 36.7 Å². The lowest BCUT2D eigenvalue weighted by Gasteiger charge is -2.07. The van der Waals surface area contributed by atoms with E-state index >= 15 is 0 Å². The van der Waals surface area contributed by atoms with Crippen LogP contribution < -0.4 is 11.1 Å². The molecule has 0 saturated carbocycles. The van der Waals surface area contributed by atoms with Gasteiger partial charge in [0.15, 0.2) is 0 Å². The number of ether oxygens (including phenoxy) is 1. The van der Waals surface area contributed by atoms with Crippen LogP contribution in [0.5, 0.6) is 0 Å². The molecule has 1 aromatic heterocycles. The van der Waals surface area contributed by atoms with Crippen LogP contribution in [0.3, 0.4) is 0 Å². The fourth-order valence-electron chi connectivity index (χ4n) is 1.26. The minimum atomic E-state index is -0.169. The first kappa shape index (κ1) is 12.4. The van der Waals surface area contributed by atoms with Gasteiger partial charge in [-0.1, -0.05) is 0 Å².